The summed E-state index contributed by atoms with van der Waals surface area (Å²) >= 11 is 3.22. The van der Waals surface area contributed by atoms with Gasteiger partial charge in [-0.1, -0.05) is 25.6 Å². The molecule has 2 aromatic heterocycles. The van der Waals surface area contributed by atoms with Crippen LogP contribution in [0, 0.1) is 24.2 Å². The Balaban J connectivity index is 1.82. The fourth-order valence-electron chi connectivity index (χ4n) is 3.09. The van der Waals surface area contributed by atoms with Crippen molar-refractivity contribution in [1.29, 1.82) is 5.26 Å². The summed E-state index contributed by atoms with van der Waals surface area (Å²) in [7, 11) is 0. The van der Waals surface area contributed by atoms with E-state index in [1.54, 1.807) is 18.3 Å². The van der Waals surface area contributed by atoms with Crippen LogP contribution >= 0.6 is 23.1 Å². The number of thiophene rings is 1. The molecule has 2 aromatic rings. The Kier molecular flexibility index (Phi) is 5.54. The van der Waals surface area contributed by atoms with Crippen LogP contribution in [0.3, 0.4) is 0 Å². The Morgan fingerprint density at radius 2 is 2.12 bits per heavy atom. The molecule has 138 valence electrons. The number of amides is 1. The average molecular weight is 389 g/mol. The molecule has 0 unspecified atom stereocenters. The number of thioether (sulfide) groups is 1. The van der Waals surface area contributed by atoms with Crippen LogP contribution in [0.25, 0.3) is 10.2 Å². The van der Waals surface area contributed by atoms with Crippen molar-refractivity contribution in [3.8, 4) is 6.07 Å². The van der Waals surface area contributed by atoms with Gasteiger partial charge < -0.3 is 5.32 Å². The van der Waals surface area contributed by atoms with Crippen LogP contribution in [0.4, 0.5) is 0 Å². The SMILES string of the molecule is Cc1nc(SCC(=O)N[C@@](C)(C#N)C(C)C)c2c3c(sc2n1)CCCC3. The summed E-state index contributed by atoms with van der Waals surface area (Å²) in [5.74, 6) is 0.892. The van der Waals surface area contributed by atoms with Crippen molar-refractivity contribution in [2.75, 3.05) is 5.75 Å². The summed E-state index contributed by atoms with van der Waals surface area (Å²) in [4.78, 5) is 24.1. The molecule has 2 heterocycles. The number of aromatic nitrogens is 2. The quantitative estimate of drug-likeness (QED) is 0.618. The minimum absolute atomic E-state index is 0.0401. The van der Waals surface area contributed by atoms with Gasteiger partial charge in [0.25, 0.3) is 0 Å². The monoisotopic (exact) mass is 388 g/mol. The average Bonchev–Trinajstić information content (AvgIpc) is 2.97. The minimum Gasteiger partial charge on any atom is -0.337 e. The van der Waals surface area contributed by atoms with Gasteiger partial charge in [0.2, 0.25) is 5.91 Å². The number of hydrogen-bond donors (Lipinski definition) is 1. The smallest absolute Gasteiger partial charge is 0.231 e. The molecule has 3 rings (SSSR count). The first-order valence-electron chi connectivity index (χ1n) is 8.98. The van der Waals surface area contributed by atoms with Crippen LogP contribution in [-0.2, 0) is 17.6 Å². The highest BCUT2D eigenvalue weighted by atomic mass is 32.2. The Bertz CT molecular complexity index is 884. The van der Waals surface area contributed by atoms with Crippen molar-refractivity contribution < 1.29 is 4.79 Å². The molecular formula is C19H24N4OS2. The van der Waals surface area contributed by atoms with Gasteiger partial charge in [-0.05, 0) is 51.0 Å². The second-order valence-corrected chi connectivity index (χ2v) is 9.32. The lowest BCUT2D eigenvalue weighted by atomic mass is 9.90. The molecule has 1 aliphatic carbocycles. The Hall–Kier alpha value is -1.65. The molecule has 0 saturated carbocycles. The number of carbonyl (C=O) groups excluding carboxylic acids is 1. The normalized spacial score (nSPS) is 16.2. The van der Waals surface area contributed by atoms with Crippen molar-refractivity contribution in [2.24, 2.45) is 5.92 Å². The highest BCUT2D eigenvalue weighted by molar-refractivity contribution is 8.00. The summed E-state index contributed by atoms with van der Waals surface area (Å²) in [5.41, 5.74) is 0.527. The van der Waals surface area contributed by atoms with Gasteiger partial charge >= 0.3 is 0 Å². The first kappa shape index (κ1) is 19.1. The minimum atomic E-state index is -0.851. The van der Waals surface area contributed by atoms with Gasteiger partial charge in [-0.15, -0.1) is 11.3 Å². The van der Waals surface area contributed by atoms with Crippen LogP contribution < -0.4 is 5.32 Å². The molecule has 0 bridgehead atoms. The maximum Gasteiger partial charge on any atom is 0.231 e. The zero-order valence-electron chi connectivity index (χ0n) is 15.7. The lowest BCUT2D eigenvalue weighted by molar-refractivity contribution is -0.120. The third-order valence-electron chi connectivity index (χ3n) is 5.02. The number of fused-ring (bicyclic) bond motifs is 3. The van der Waals surface area contributed by atoms with Gasteiger partial charge in [-0.25, -0.2) is 9.97 Å². The molecule has 0 radical (unpaired) electrons. The van der Waals surface area contributed by atoms with E-state index in [9.17, 15) is 10.1 Å². The predicted molar refractivity (Wildman–Crippen MR) is 107 cm³/mol. The molecule has 1 N–H and O–H groups in total. The van der Waals surface area contributed by atoms with Gasteiger partial charge in [0, 0.05) is 10.3 Å². The summed E-state index contributed by atoms with van der Waals surface area (Å²) in [6.07, 6.45) is 4.63. The van der Waals surface area contributed by atoms with Gasteiger partial charge in [0.15, 0.2) is 0 Å². The first-order valence-corrected chi connectivity index (χ1v) is 10.8. The molecule has 0 aliphatic heterocycles. The second kappa shape index (κ2) is 7.53. The number of nitrogens with zero attached hydrogens (tertiary/aromatic N) is 3. The van der Waals surface area contributed by atoms with E-state index in [0.717, 1.165) is 33.9 Å². The molecule has 7 heteroatoms. The van der Waals surface area contributed by atoms with Gasteiger partial charge in [0.1, 0.15) is 21.2 Å². The van der Waals surface area contributed by atoms with E-state index in [2.05, 4.69) is 21.4 Å². The highest BCUT2D eigenvalue weighted by Gasteiger charge is 2.30. The molecule has 0 aromatic carbocycles. The number of carbonyl (C=O) groups is 1. The summed E-state index contributed by atoms with van der Waals surface area (Å²) in [6.45, 7) is 7.54. The van der Waals surface area contributed by atoms with Gasteiger partial charge in [-0.2, -0.15) is 5.26 Å². The molecule has 1 amide bonds. The van der Waals surface area contributed by atoms with Gasteiger partial charge in [-0.3, -0.25) is 4.79 Å². The maximum absolute atomic E-state index is 12.4. The Morgan fingerprint density at radius 1 is 1.38 bits per heavy atom. The zero-order valence-corrected chi connectivity index (χ0v) is 17.3. The lowest BCUT2D eigenvalue weighted by Gasteiger charge is -2.27. The molecule has 0 saturated heterocycles. The van der Waals surface area contributed by atoms with Crippen LogP contribution in [-0.4, -0.2) is 27.2 Å². The molecule has 5 nitrogen and oxygen atoms in total. The molecule has 1 atom stereocenters. The molecule has 0 spiro atoms. The number of rotatable bonds is 5. The van der Waals surface area contributed by atoms with Crippen molar-refractivity contribution in [3.05, 3.63) is 16.3 Å². The first-order chi connectivity index (χ1) is 12.3. The molecule has 26 heavy (non-hydrogen) atoms. The Labute approximate surface area is 162 Å². The Morgan fingerprint density at radius 3 is 2.81 bits per heavy atom. The highest BCUT2D eigenvalue weighted by Crippen LogP contribution is 2.39. The maximum atomic E-state index is 12.4. The number of hydrogen-bond acceptors (Lipinski definition) is 6. The summed E-state index contributed by atoms with van der Waals surface area (Å²) in [6, 6.07) is 2.22. The molecule has 1 aliphatic rings. The number of nitriles is 1. The van der Waals surface area contributed by atoms with Crippen molar-refractivity contribution in [2.45, 2.75) is 63.9 Å². The third-order valence-corrected chi connectivity index (χ3v) is 7.18. The van der Waals surface area contributed by atoms with Crippen LogP contribution in [0.5, 0.6) is 0 Å². The van der Waals surface area contributed by atoms with E-state index in [-0.39, 0.29) is 17.6 Å². The molecular weight excluding hydrogens is 364 g/mol. The summed E-state index contributed by atoms with van der Waals surface area (Å²) < 4.78 is 0. The van der Waals surface area contributed by atoms with E-state index >= 15 is 0 Å². The van der Waals surface area contributed by atoms with Crippen LogP contribution in [0.2, 0.25) is 0 Å². The fraction of sp³-hybridized carbons (Fsp3) is 0.579. The topological polar surface area (TPSA) is 78.7 Å². The summed E-state index contributed by atoms with van der Waals surface area (Å²) in [5, 5.41) is 14.3. The van der Waals surface area contributed by atoms with E-state index in [1.165, 1.54) is 35.0 Å². The number of nitrogens with one attached hydrogen (secondary N) is 1. The number of aryl methyl sites for hydroxylation is 3. The van der Waals surface area contributed by atoms with Crippen molar-refractivity contribution in [1.82, 2.24) is 15.3 Å². The van der Waals surface area contributed by atoms with Gasteiger partial charge in [0.05, 0.1) is 11.8 Å². The predicted octanol–water partition coefficient (Wildman–Crippen LogP) is 4.03. The second-order valence-electron chi connectivity index (χ2n) is 7.27. The lowest BCUT2D eigenvalue weighted by Crippen LogP contribution is -2.49. The van der Waals surface area contributed by atoms with Crippen molar-refractivity contribution >= 4 is 39.2 Å². The van der Waals surface area contributed by atoms with E-state index in [0.29, 0.717) is 0 Å². The standard InChI is InChI=1S/C19H24N4OS2/c1-11(2)19(4,10-20)23-15(24)9-25-17-16-13-7-5-6-8-14(13)26-18(16)22-12(3)21-17/h11H,5-9H2,1-4H3,(H,23,24)/t19-/m0/s1. The van der Waals surface area contributed by atoms with E-state index in [4.69, 9.17) is 0 Å². The molecule has 0 fully saturated rings. The van der Waals surface area contributed by atoms with Crippen LogP contribution in [0.15, 0.2) is 5.03 Å². The largest absolute Gasteiger partial charge is 0.337 e. The third kappa shape index (κ3) is 3.72. The fourth-order valence-corrected chi connectivity index (χ4v) is 5.36. The van der Waals surface area contributed by atoms with Crippen LogP contribution in [0.1, 0.15) is 49.9 Å². The van der Waals surface area contributed by atoms with Crippen molar-refractivity contribution in [3.63, 3.8) is 0 Å². The van der Waals surface area contributed by atoms with E-state index in [1.807, 2.05) is 20.8 Å². The zero-order chi connectivity index (χ0) is 18.9. The van der Waals surface area contributed by atoms with E-state index < -0.39 is 5.54 Å².